The van der Waals surface area contributed by atoms with Crippen LogP contribution in [0.15, 0.2) is 0 Å². The van der Waals surface area contributed by atoms with Crippen LogP contribution in [0.5, 0.6) is 0 Å². The van der Waals surface area contributed by atoms with Gasteiger partial charge in [-0.3, -0.25) is 4.79 Å². The minimum Gasteiger partial charge on any atom is -0.481 e. The van der Waals surface area contributed by atoms with Crippen LogP contribution in [-0.2, 0) is 4.79 Å². The SMILES string of the molecule is CC[C@]12C[C@@H]3C[C@@](Br)(C1)C[C@@](C(=O)O)(C3)C2. The van der Waals surface area contributed by atoms with Gasteiger partial charge in [0.1, 0.15) is 0 Å². The Labute approximate surface area is 105 Å². The number of carbonyl (C=O) groups is 1. The summed E-state index contributed by atoms with van der Waals surface area (Å²) in [5.41, 5.74) is -0.0831. The van der Waals surface area contributed by atoms with Crippen molar-refractivity contribution >= 4 is 21.9 Å². The lowest BCUT2D eigenvalue weighted by molar-refractivity contribution is -0.171. The number of alkyl halides is 1. The van der Waals surface area contributed by atoms with Crippen molar-refractivity contribution in [2.24, 2.45) is 16.7 Å². The van der Waals surface area contributed by atoms with E-state index in [0.717, 1.165) is 25.7 Å². The number of carboxylic acids is 1. The Balaban J connectivity index is 2.04. The van der Waals surface area contributed by atoms with E-state index in [9.17, 15) is 9.90 Å². The molecule has 0 unspecified atom stereocenters. The number of aliphatic carboxylic acids is 1. The lowest BCUT2D eigenvalue weighted by atomic mass is 9.43. The number of rotatable bonds is 2. The molecule has 4 fully saturated rings. The molecule has 3 heteroatoms. The highest BCUT2D eigenvalue weighted by Crippen LogP contribution is 2.69. The summed E-state index contributed by atoms with van der Waals surface area (Å²) < 4.78 is 0.140. The van der Waals surface area contributed by atoms with Gasteiger partial charge in [-0.05, 0) is 49.9 Å². The van der Waals surface area contributed by atoms with Crippen LogP contribution in [0.3, 0.4) is 0 Å². The number of carboxylic acid groups (broad SMARTS) is 1. The van der Waals surface area contributed by atoms with Crippen LogP contribution in [0, 0.1) is 16.7 Å². The van der Waals surface area contributed by atoms with Gasteiger partial charge in [-0.2, -0.15) is 0 Å². The molecule has 0 aromatic rings. The molecule has 0 radical (unpaired) electrons. The fourth-order valence-electron chi connectivity index (χ4n) is 5.15. The first-order valence-corrected chi connectivity index (χ1v) is 7.13. The lowest BCUT2D eigenvalue weighted by Crippen LogP contribution is -2.60. The van der Waals surface area contributed by atoms with Crippen LogP contribution >= 0.6 is 15.9 Å². The summed E-state index contributed by atoms with van der Waals surface area (Å²) in [6.45, 7) is 2.24. The monoisotopic (exact) mass is 286 g/mol. The molecular formula is C13H19BrO2. The topological polar surface area (TPSA) is 37.3 Å². The van der Waals surface area contributed by atoms with Gasteiger partial charge in [0.15, 0.2) is 0 Å². The largest absolute Gasteiger partial charge is 0.481 e. The fraction of sp³-hybridized carbons (Fsp3) is 0.923. The molecule has 4 aliphatic rings. The third-order valence-corrected chi connectivity index (χ3v) is 6.20. The zero-order valence-electron chi connectivity index (χ0n) is 9.76. The Bertz CT molecular complexity index is 356. The van der Waals surface area contributed by atoms with E-state index in [0.29, 0.717) is 11.3 Å². The maximum atomic E-state index is 11.6. The van der Waals surface area contributed by atoms with E-state index in [1.807, 2.05) is 0 Å². The van der Waals surface area contributed by atoms with Gasteiger partial charge >= 0.3 is 5.97 Å². The average molecular weight is 287 g/mol. The summed E-state index contributed by atoms with van der Waals surface area (Å²) >= 11 is 3.87. The molecule has 4 aliphatic carbocycles. The van der Waals surface area contributed by atoms with E-state index in [4.69, 9.17) is 0 Å². The molecule has 0 heterocycles. The van der Waals surface area contributed by atoms with Crippen LogP contribution in [0.1, 0.15) is 51.9 Å². The Morgan fingerprint density at radius 1 is 1.31 bits per heavy atom. The second-order valence-electron chi connectivity index (χ2n) is 6.60. The van der Waals surface area contributed by atoms with Gasteiger partial charge < -0.3 is 5.11 Å². The van der Waals surface area contributed by atoms with Crippen LogP contribution in [0.2, 0.25) is 0 Å². The van der Waals surface area contributed by atoms with Crippen molar-refractivity contribution in [1.29, 1.82) is 0 Å². The quantitative estimate of drug-likeness (QED) is 0.788. The number of halogens is 1. The van der Waals surface area contributed by atoms with E-state index in [1.54, 1.807) is 0 Å². The van der Waals surface area contributed by atoms with E-state index < -0.39 is 11.4 Å². The summed E-state index contributed by atoms with van der Waals surface area (Å²) in [5, 5.41) is 9.58. The molecule has 16 heavy (non-hydrogen) atoms. The van der Waals surface area contributed by atoms with Crippen molar-refractivity contribution in [3.63, 3.8) is 0 Å². The number of hydrogen-bond donors (Lipinski definition) is 1. The maximum absolute atomic E-state index is 11.6. The third kappa shape index (κ3) is 1.33. The van der Waals surface area contributed by atoms with Gasteiger partial charge in [0, 0.05) is 4.32 Å². The van der Waals surface area contributed by atoms with Gasteiger partial charge in [-0.15, -0.1) is 0 Å². The minimum atomic E-state index is -0.543. The number of hydrogen-bond acceptors (Lipinski definition) is 1. The normalized spacial score (nSPS) is 54.2. The van der Waals surface area contributed by atoms with Gasteiger partial charge in [-0.25, -0.2) is 0 Å². The van der Waals surface area contributed by atoms with Gasteiger partial charge in [0.25, 0.3) is 0 Å². The zero-order chi connectivity index (χ0) is 11.6. The summed E-state index contributed by atoms with van der Waals surface area (Å²) in [7, 11) is 0. The van der Waals surface area contributed by atoms with Crippen LogP contribution in [-0.4, -0.2) is 15.4 Å². The Kier molecular flexibility index (Phi) is 2.10. The van der Waals surface area contributed by atoms with E-state index in [1.165, 1.54) is 19.3 Å². The first kappa shape index (κ1) is 11.1. The molecule has 0 spiro atoms. The molecule has 1 N–H and O–H groups in total. The summed E-state index contributed by atoms with van der Waals surface area (Å²) in [4.78, 5) is 11.6. The molecule has 2 nitrogen and oxygen atoms in total. The molecule has 4 atom stereocenters. The van der Waals surface area contributed by atoms with Crippen molar-refractivity contribution < 1.29 is 9.90 Å². The van der Waals surface area contributed by atoms with E-state index in [-0.39, 0.29) is 4.32 Å². The molecule has 0 aliphatic heterocycles. The summed E-state index contributed by atoms with van der Waals surface area (Å²) in [5.74, 6) is 0.102. The van der Waals surface area contributed by atoms with Crippen molar-refractivity contribution in [3.05, 3.63) is 0 Å². The third-order valence-electron chi connectivity index (χ3n) is 5.32. The lowest BCUT2D eigenvalue weighted by Gasteiger charge is -2.63. The molecule has 0 aromatic heterocycles. The first-order chi connectivity index (χ1) is 7.41. The van der Waals surface area contributed by atoms with Crippen molar-refractivity contribution in [2.75, 3.05) is 0 Å². The van der Waals surface area contributed by atoms with Crippen molar-refractivity contribution in [1.82, 2.24) is 0 Å². The average Bonchev–Trinajstić information content (AvgIpc) is 2.13. The minimum absolute atomic E-state index is 0.140. The van der Waals surface area contributed by atoms with Gasteiger partial charge in [0.2, 0.25) is 0 Å². The maximum Gasteiger partial charge on any atom is 0.309 e. The smallest absolute Gasteiger partial charge is 0.309 e. The highest BCUT2D eigenvalue weighted by atomic mass is 79.9. The van der Waals surface area contributed by atoms with Gasteiger partial charge in [0.05, 0.1) is 5.41 Å². The molecular weight excluding hydrogens is 268 g/mol. The highest BCUT2D eigenvalue weighted by molar-refractivity contribution is 9.10. The Morgan fingerprint density at radius 2 is 2.06 bits per heavy atom. The van der Waals surface area contributed by atoms with E-state index >= 15 is 0 Å². The Morgan fingerprint density at radius 3 is 2.62 bits per heavy atom. The van der Waals surface area contributed by atoms with Crippen LogP contribution < -0.4 is 0 Å². The predicted octanol–water partition coefficient (Wildman–Crippen LogP) is 3.59. The second-order valence-corrected chi connectivity index (χ2v) is 8.28. The standard InChI is InChI=1S/C13H19BrO2/c1-2-11-3-9-4-12(6-11,10(15)16)8-13(14,5-9)7-11/h9H,2-8H2,1H3,(H,15,16)/t9-,11+,12+,13+/m0/s1. The second kappa shape index (κ2) is 3.04. The zero-order valence-corrected chi connectivity index (χ0v) is 11.3. The molecule has 4 saturated carbocycles. The highest BCUT2D eigenvalue weighted by Gasteiger charge is 2.64. The molecule has 0 saturated heterocycles. The van der Waals surface area contributed by atoms with E-state index in [2.05, 4.69) is 22.9 Å². The molecule has 4 rings (SSSR count). The molecule has 90 valence electrons. The van der Waals surface area contributed by atoms with Crippen LogP contribution in [0.4, 0.5) is 0 Å². The van der Waals surface area contributed by atoms with Crippen molar-refractivity contribution in [3.8, 4) is 0 Å². The Hall–Kier alpha value is -0.0500. The molecule has 0 aromatic carbocycles. The summed E-state index contributed by atoms with van der Waals surface area (Å²) in [6, 6.07) is 0. The molecule has 4 bridgehead atoms. The summed E-state index contributed by atoms with van der Waals surface area (Å²) in [6.07, 6.45) is 7.52. The van der Waals surface area contributed by atoms with Gasteiger partial charge in [-0.1, -0.05) is 29.3 Å². The van der Waals surface area contributed by atoms with Crippen LogP contribution in [0.25, 0.3) is 0 Å². The predicted molar refractivity (Wildman–Crippen MR) is 65.6 cm³/mol. The first-order valence-electron chi connectivity index (χ1n) is 6.33. The molecule has 0 amide bonds. The fourth-order valence-corrected chi connectivity index (χ4v) is 6.74. The van der Waals surface area contributed by atoms with Crippen molar-refractivity contribution in [2.45, 2.75) is 56.2 Å².